The molecule has 6 heteroatoms. The number of hydrogen-bond donors (Lipinski definition) is 1. The third-order valence-electron chi connectivity index (χ3n) is 3.47. The molecule has 0 radical (unpaired) electrons. The molecule has 2 aromatic rings. The summed E-state index contributed by atoms with van der Waals surface area (Å²) in [6.45, 7) is 5.02. The van der Waals surface area contributed by atoms with E-state index in [-0.39, 0.29) is 6.04 Å². The van der Waals surface area contributed by atoms with Crippen molar-refractivity contribution in [3.8, 4) is 0 Å². The number of aryl methyl sites for hydroxylation is 2. The number of nitrogens with one attached hydrogen (secondary N) is 1. The van der Waals surface area contributed by atoms with E-state index < -0.39 is 0 Å². The van der Waals surface area contributed by atoms with E-state index in [0.717, 1.165) is 46.0 Å². The largest absolute Gasteiger partial charge is 0.309 e. The topological polar surface area (TPSA) is 42.7 Å². The van der Waals surface area contributed by atoms with Crippen LogP contribution in [-0.4, -0.2) is 21.3 Å². The molecular formula is C15H20BrClN4. The lowest BCUT2D eigenvalue weighted by atomic mass is 10.1. The lowest BCUT2D eigenvalue weighted by molar-refractivity contribution is 0.515. The first kappa shape index (κ1) is 16.5. The highest BCUT2D eigenvalue weighted by Gasteiger charge is 2.21. The van der Waals surface area contributed by atoms with Gasteiger partial charge < -0.3 is 5.32 Å². The molecule has 21 heavy (non-hydrogen) atoms. The van der Waals surface area contributed by atoms with Crippen molar-refractivity contribution in [2.75, 3.05) is 6.54 Å². The fraction of sp³-hybridized carbons (Fsp3) is 0.467. The van der Waals surface area contributed by atoms with Gasteiger partial charge in [0, 0.05) is 24.1 Å². The van der Waals surface area contributed by atoms with E-state index in [4.69, 9.17) is 11.6 Å². The van der Waals surface area contributed by atoms with Gasteiger partial charge in [0.05, 0.1) is 28.1 Å². The molecule has 0 amide bonds. The van der Waals surface area contributed by atoms with Gasteiger partial charge in [-0.1, -0.05) is 25.4 Å². The molecule has 2 aromatic heterocycles. The first-order chi connectivity index (χ1) is 10.1. The first-order valence-electron chi connectivity index (χ1n) is 7.12. The van der Waals surface area contributed by atoms with Gasteiger partial charge in [-0.3, -0.25) is 9.67 Å². The van der Waals surface area contributed by atoms with Crippen molar-refractivity contribution in [3.05, 3.63) is 44.9 Å². The molecule has 2 rings (SSSR count). The molecule has 1 unspecified atom stereocenters. The normalized spacial score (nSPS) is 12.6. The summed E-state index contributed by atoms with van der Waals surface area (Å²) in [5.41, 5.74) is 2.98. The smallest absolute Gasteiger partial charge is 0.0850 e. The van der Waals surface area contributed by atoms with Gasteiger partial charge in [-0.05, 0) is 41.0 Å². The minimum Gasteiger partial charge on any atom is -0.309 e. The van der Waals surface area contributed by atoms with Crippen LogP contribution in [0.2, 0.25) is 5.02 Å². The van der Waals surface area contributed by atoms with Crippen LogP contribution >= 0.6 is 27.5 Å². The van der Waals surface area contributed by atoms with Crippen LogP contribution in [0.15, 0.2) is 22.8 Å². The van der Waals surface area contributed by atoms with E-state index in [0.29, 0.717) is 0 Å². The Kier molecular flexibility index (Phi) is 5.79. The number of halogens is 2. The molecule has 0 aliphatic rings. The number of nitrogens with zero attached hydrogens (tertiary/aromatic N) is 3. The number of pyridine rings is 1. The standard InChI is InChI=1S/C15H20BrClN4/c1-4-11-14(17)13(21(3)20-11)9-12(18-5-2)15-10(16)7-6-8-19-15/h6-8,12,18H,4-5,9H2,1-3H3. The van der Waals surface area contributed by atoms with Gasteiger partial charge in [-0.2, -0.15) is 5.10 Å². The van der Waals surface area contributed by atoms with E-state index in [1.807, 2.05) is 30.1 Å². The third kappa shape index (κ3) is 3.65. The van der Waals surface area contributed by atoms with Crippen LogP contribution in [0.3, 0.4) is 0 Å². The third-order valence-corrected chi connectivity index (χ3v) is 4.57. The summed E-state index contributed by atoms with van der Waals surface area (Å²) in [5, 5.41) is 8.73. The van der Waals surface area contributed by atoms with Gasteiger partial charge in [-0.15, -0.1) is 0 Å². The average molecular weight is 372 g/mol. The number of hydrogen-bond acceptors (Lipinski definition) is 3. The molecule has 0 saturated carbocycles. The summed E-state index contributed by atoms with van der Waals surface area (Å²) in [5.74, 6) is 0. The number of rotatable bonds is 6. The fourth-order valence-corrected chi connectivity index (χ4v) is 3.30. The zero-order chi connectivity index (χ0) is 15.4. The molecule has 0 fully saturated rings. The zero-order valence-electron chi connectivity index (χ0n) is 12.5. The molecule has 0 bridgehead atoms. The summed E-state index contributed by atoms with van der Waals surface area (Å²) in [6.07, 6.45) is 3.41. The second-order valence-corrected chi connectivity index (χ2v) is 6.10. The molecule has 0 aliphatic heterocycles. The minimum absolute atomic E-state index is 0.100. The Labute approximate surface area is 139 Å². The van der Waals surface area contributed by atoms with Gasteiger partial charge in [-0.25, -0.2) is 0 Å². The summed E-state index contributed by atoms with van der Waals surface area (Å²) in [4.78, 5) is 4.50. The molecule has 0 aliphatic carbocycles. The molecular weight excluding hydrogens is 352 g/mol. The van der Waals surface area contributed by atoms with Gasteiger partial charge in [0.2, 0.25) is 0 Å². The highest BCUT2D eigenvalue weighted by Crippen LogP contribution is 2.28. The van der Waals surface area contributed by atoms with Crippen molar-refractivity contribution in [2.24, 2.45) is 7.05 Å². The van der Waals surface area contributed by atoms with Crippen molar-refractivity contribution in [1.29, 1.82) is 0 Å². The van der Waals surface area contributed by atoms with Crippen LogP contribution in [0.1, 0.15) is 37.0 Å². The highest BCUT2D eigenvalue weighted by molar-refractivity contribution is 9.10. The molecule has 0 spiro atoms. The molecule has 0 aromatic carbocycles. The van der Waals surface area contributed by atoms with Crippen molar-refractivity contribution >= 4 is 27.5 Å². The van der Waals surface area contributed by atoms with Crippen molar-refractivity contribution in [1.82, 2.24) is 20.1 Å². The maximum absolute atomic E-state index is 6.46. The highest BCUT2D eigenvalue weighted by atomic mass is 79.9. The van der Waals surface area contributed by atoms with Crippen LogP contribution < -0.4 is 5.32 Å². The van der Waals surface area contributed by atoms with Crippen LogP contribution in [0.25, 0.3) is 0 Å². The predicted octanol–water partition coefficient (Wildman–Crippen LogP) is 3.69. The summed E-state index contributed by atoms with van der Waals surface area (Å²) >= 11 is 10.0. The van der Waals surface area contributed by atoms with E-state index in [2.05, 4.69) is 45.2 Å². The number of aromatic nitrogens is 3. The zero-order valence-corrected chi connectivity index (χ0v) is 14.9. The molecule has 114 valence electrons. The predicted molar refractivity (Wildman–Crippen MR) is 89.7 cm³/mol. The first-order valence-corrected chi connectivity index (χ1v) is 8.29. The van der Waals surface area contributed by atoms with Crippen LogP contribution in [0.5, 0.6) is 0 Å². The fourth-order valence-electron chi connectivity index (χ4n) is 2.40. The molecule has 0 saturated heterocycles. The van der Waals surface area contributed by atoms with Crippen LogP contribution in [0, 0.1) is 0 Å². The van der Waals surface area contributed by atoms with Gasteiger partial charge in [0.1, 0.15) is 0 Å². The maximum Gasteiger partial charge on any atom is 0.0850 e. The van der Waals surface area contributed by atoms with E-state index in [1.165, 1.54) is 0 Å². The SMILES string of the molecule is CCNC(Cc1c(Cl)c(CC)nn1C)c1ncccc1Br. The Morgan fingerprint density at radius 2 is 2.19 bits per heavy atom. The van der Waals surface area contributed by atoms with Crippen molar-refractivity contribution in [3.63, 3.8) is 0 Å². The second-order valence-electron chi connectivity index (χ2n) is 4.87. The molecule has 1 atom stereocenters. The van der Waals surface area contributed by atoms with Gasteiger partial charge >= 0.3 is 0 Å². The Morgan fingerprint density at radius 3 is 2.76 bits per heavy atom. The Bertz CT molecular complexity index is 612. The molecule has 2 heterocycles. The Morgan fingerprint density at radius 1 is 1.43 bits per heavy atom. The molecule has 4 nitrogen and oxygen atoms in total. The molecule has 1 N–H and O–H groups in total. The van der Waals surface area contributed by atoms with E-state index >= 15 is 0 Å². The number of likely N-dealkylation sites (N-methyl/N-ethyl adjacent to an activating group) is 1. The lowest BCUT2D eigenvalue weighted by Crippen LogP contribution is -2.25. The van der Waals surface area contributed by atoms with Crippen LogP contribution in [-0.2, 0) is 19.9 Å². The second kappa shape index (κ2) is 7.38. The maximum atomic E-state index is 6.46. The summed E-state index contributed by atoms with van der Waals surface area (Å²) in [6, 6.07) is 4.03. The van der Waals surface area contributed by atoms with Gasteiger partial charge in [0.15, 0.2) is 0 Å². The summed E-state index contributed by atoms with van der Waals surface area (Å²) in [7, 11) is 1.94. The Balaban J connectivity index is 2.33. The lowest BCUT2D eigenvalue weighted by Gasteiger charge is -2.19. The summed E-state index contributed by atoms with van der Waals surface area (Å²) < 4.78 is 2.88. The van der Waals surface area contributed by atoms with E-state index in [1.54, 1.807) is 0 Å². The van der Waals surface area contributed by atoms with Gasteiger partial charge in [0.25, 0.3) is 0 Å². The van der Waals surface area contributed by atoms with Crippen molar-refractivity contribution in [2.45, 2.75) is 32.7 Å². The minimum atomic E-state index is 0.100. The van der Waals surface area contributed by atoms with E-state index in [9.17, 15) is 0 Å². The van der Waals surface area contributed by atoms with Crippen LogP contribution in [0.4, 0.5) is 0 Å². The average Bonchev–Trinajstić information content (AvgIpc) is 2.74. The van der Waals surface area contributed by atoms with Crippen molar-refractivity contribution < 1.29 is 0 Å². The Hall–Kier alpha value is -0.910. The quantitative estimate of drug-likeness (QED) is 0.842. The monoisotopic (exact) mass is 370 g/mol.